The molecular formula is C26H28N2O5. The molecule has 0 bridgehead atoms. The summed E-state index contributed by atoms with van der Waals surface area (Å²) in [7, 11) is 3.47. The van der Waals surface area contributed by atoms with E-state index in [0.29, 0.717) is 17.4 Å². The molecule has 0 atom stereocenters. The van der Waals surface area contributed by atoms with Gasteiger partial charge >= 0.3 is 5.97 Å². The second-order valence-corrected chi connectivity index (χ2v) is 9.08. The molecular weight excluding hydrogens is 420 g/mol. The lowest BCUT2D eigenvalue weighted by Gasteiger charge is -2.24. The van der Waals surface area contributed by atoms with Crippen LogP contribution in [-0.2, 0) is 11.3 Å². The van der Waals surface area contributed by atoms with Gasteiger partial charge in [-0.25, -0.2) is 4.79 Å². The maximum atomic E-state index is 12.9. The Morgan fingerprint density at radius 3 is 2.52 bits per heavy atom. The average Bonchev–Trinajstić information content (AvgIpc) is 3.41. The summed E-state index contributed by atoms with van der Waals surface area (Å²) in [6.45, 7) is 0.321. The van der Waals surface area contributed by atoms with E-state index in [0.717, 1.165) is 35.0 Å². The minimum atomic E-state index is -0.979. The SMILES string of the molecule is CN(C)C(=O)Cn1c(-c2ccc3c(c2)OCO3)c(C2CCCCC2)c2ccc(C(=O)O)cc21. The predicted molar refractivity (Wildman–Crippen MR) is 125 cm³/mol. The Kier molecular flexibility index (Phi) is 5.48. The molecule has 7 heteroatoms. The molecule has 172 valence electrons. The number of hydrogen-bond donors (Lipinski definition) is 1. The quantitative estimate of drug-likeness (QED) is 0.602. The van der Waals surface area contributed by atoms with E-state index in [1.807, 2.05) is 28.8 Å². The molecule has 1 amide bonds. The van der Waals surface area contributed by atoms with Crippen LogP contribution in [0.2, 0.25) is 0 Å². The summed E-state index contributed by atoms with van der Waals surface area (Å²) in [5, 5.41) is 10.7. The number of carboxylic acids is 1. The highest BCUT2D eigenvalue weighted by Gasteiger charge is 2.29. The Balaban J connectivity index is 1.80. The molecule has 5 rings (SSSR count). The molecule has 7 nitrogen and oxygen atoms in total. The molecule has 1 aliphatic carbocycles. The summed E-state index contributed by atoms with van der Waals surface area (Å²) in [5.41, 5.74) is 4.10. The topological polar surface area (TPSA) is 81.0 Å². The maximum absolute atomic E-state index is 12.9. The van der Waals surface area contributed by atoms with Gasteiger partial charge in [0, 0.05) is 25.0 Å². The zero-order chi connectivity index (χ0) is 23.1. The van der Waals surface area contributed by atoms with Gasteiger partial charge < -0.3 is 24.0 Å². The molecule has 1 fully saturated rings. The van der Waals surface area contributed by atoms with Crippen LogP contribution in [0.3, 0.4) is 0 Å². The summed E-state index contributed by atoms with van der Waals surface area (Å²) < 4.78 is 13.1. The van der Waals surface area contributed by atoms with Crippen LogP contribution >= 0.6 is 0 Å². The molecule has 2 aliphatic rings. The second kappa shape index (κ2) is 8.46. The summed E-state index contributed by atoms with van der Waals surface area (Å²) >= 11 is 0. The summed E-state index contributed by atoms with van der Waals surface area (Å²) in [4.78, 5) is 26.2. The van der Waals surface area contributed by atoms with Gasteiger partial charge in [-0.1, -0.05) is 25.3 Å². The van der Waals surface area contributed by atoms with Crippen molar-refractivity contribution >= 4 is 22.8 Å². The largest absolute Gasteiger partial charge is 0.478 e. The molecule has 33 heavy (non-hydrogen) atoms. The van der Waals surface area contributed by atoms with Crippen LogP contribution in [0.15, 0.2) is 36.4 Å². The van der Waals surface area contributed by atoms with Crippen molar-refractivity contribution in [2.24, 2.45) is 0 Å². The first-order valence-electron chi connectivity index (χ1n) is 11.4. The van der Waals surface area contributed by atoms with Gasteiger partial charge in [-0.3, -0.25) is 4.79 Å². The van der Waals surface area contributed by atoms with Gasteiger partial charge in [-0.15, -0.1) is 0 Å². The molecule has 0 unspecified atom stereocenters. The van der Waals surface area contributed by atoms with Crippen molar-refractivity contribution in [1.29, 1.82) is 0 Å². The zero-order valence-corrected chi connectivity index (χ0v) is 19.0. The van der Waals surface area contributed by atoms with Gasteiger partial charge in [-0.05, 0) is 54.7 Å². The van der Waals surface area contributed by atoms with E-state index in [4.69, 9.17) is 9.47 Å². The van der Waals surface area contributed by atoms with Crippen molar-refractivity contribution in [3.8, 4) is 22.8 Å². The summed E-state index contributed by atoms with van der Waals surface area (Å²) in [6, 6.07) is 11.2. The number of carbonyl (C=O) groups is 2. The van der Waals surface area contributed by atoms with Crippen molar-refractivity contribution in [3.05, 3.63) is 47.5 Å². The lowest BCUT2D eigenvalue weighted by molar-refractivity contribution is -0.129. The van der Waals surface area contributed by atoms with E-state index in [1.54, 1.807) is 31.1 Å². The van der Waals surface area contributed by atoms with Crippen molar-refractivity contribution in [2.75, 3.05) is 20.9 Å². The lowest BCUT2D eigenvalue weighted by atomic mass is 9.81. The maximum Gasteiger partial charge on any atom is 0.335 e. The Bertz CT molecular complexity index is 1240. The number of benzene rings is 2. The van der Waals surface area contributed by atoms with Gasteiger partial charge in [-0.2, -0.15) is 0 Å². The number of ether oxygens (including phenoxy) is 2. The Labute approximate surface area is 192 Å². The predicted octanol–water partition coefficient (Wildman–Crippen LogP) is 4.87. The van der Waals surface area contributed by atoms with Gasteiger partial charge in [0.05, 0.1) is 16.8 Å². The Morgan fingerprint density at radius 1 is 1.03 bits per heavy atom. The Hall–Kier alpha value is -3.48. The molecule has 0 radical (unpaired) electrons. The van der Waals surface area contributed by atoms with E-state index in [-0.39, 0.29) is 24.8 Å². The van der Waals surface area contributed by atoms with Crippen molar-refractivity contribution in [2.45, 2.75) is 44.6 Å². The summed E-state index contributed by atoms with van der Waals surface area (Å²) in [5.74, 6) is 0.715. The minimum absolute atomic E-state index is 0.0511. The van der Waals surface area contributed by atoms with E-state index in [1.165, 1.54) is 24.8 Å². The third-order valence-corrected chi connectivity index (χ3v) is 6.80. The highest BCUT2D eigenvalue weighted by Crippen LogP contribution is 2.46. The number of carbonyl (C=O) groups excluding carboxylic acids is 1. The van der Waals surface area contributed by atoms with E-state index in [9.17, 15) is 14.7 Å². The molecule has 2 aromatic carbocycles. The van der Waals surface area contributed by atoms with Crippen LogP contribution in [0.25, 0.3) is 22.2 Å². The van der Waals surface area contributed by atoms with Gasteiger partial charge in [0.1, 0.15) is 6.54 Å². The number of aromatic carboxylic acids is 1. The fraction of sp³-hybridized carbons (Fsp3) is 0.385. The van der Waals surface area contributed by atoms with Crippen molar-refractivity contribution in [3.63, 3.8) is 0 Å². The molecule has 1 saturated carbocycles. The highest BCUT2D eigenvalue weighted by molar-refractivity contribution is 5.99. The first-order chi connectivity index (χ1) is 15.9. The average molecular weight is 449 g/mol. The van der Waals surface area contributed by atoms with Crippen LogP contribution in [-0.4, -0.2) is 47.3 Å². The van der Waals surface area contributed by atoms with Crippen LogP contribution in [0.4, 0.5) is 0 Å². The third-order valence-electron chi connectivity index (χ3n) is 6.80. The standard InChI is InChI=1S/C26H28N2O5/c1-27(2)23(29)14-28-20-12-18(26(30)31)8-10-19(20)24(16-6-4-3-5-7-16)25(28)17-9-11-21-22(13-17)33-15-32-21/h8-13,16H,3-7,14-15H2,1-2H3,(H,30,31). The van der Waals surface area contributed by atoms with Gasteiger partial charge in [0.15, 0.2) is 11.5 Å². The number of hydrogen-bond acceptors (Lipinski definition) is 4. The molecule has 3 aromatic rings. The molecule has 1 aliphatic heterocycles. The van der Waals surface area contributed by atoms with E-state index in [2.05, 4.69) is 0 Å². The first-order valence-corrected chi connectivity index (χ1v) is 11.4. The fourth-order valence-corrected chi connectivity index (χ4v) is 5.11. The number of aromatic nitrogens is 1. The van der Waals surface area contributed by atoms with E-state index >= 15 is 0 Å². The molecule has 0 spiro atoms. The minimum Gasteiger partial charge on any atom is -0.478 e. The molecule has 1 aromatic heterocycles. The third kappa shape index (κ3) is 3.81. The number of rotatable bonds is 5. The van der Waals surface area contributed by atoms with Gasteiger partial charge in [0.25, 0.3) is 0 Å². The lowest BCUT2D eigenvalue weighted by Crippen LogP contribution is -2.26. The van der Waals surface area contributed by atoms with Gasteiger partial charge in [0.2, 0.25) is 12.7 Å². The molecule has 0 saturated heterocycles. The molecule has 1 N–H and O–H groups in total. The fourth-order valence-electron chi connectivity index (χ4n) is 5.11. The van der Waals surface area contributed by atoms with Crippen LogP contribution in [0.5, 0.6) is 11.5 Å². The smallest absolute Gasteiger partial charge is 0.335 e. The monoisotopic (exact) mass is 448 g/mol. The second-order valence-electron chi connectivity index (χ2n) is 9.08. The van der Waals surface area contributed by atoms with Crippen LogP contribution in [0, 0.1) is 0 Å². The number of nitrogens with zero attached hydrogens (tertiary/aromatic N) is 2. The van der Waals surface area contributed by atoms with Crippen molar-refractivity contribution < 1.29 is 24.2 Å². The number of likely N-dealkylation sites (N-methyl/N-ethyl adjacent to an activating group) is 1. The van der Waals surface area contributed by atoms with E-state index < -0.39 is 5.97 Å². The zero-order valence-electron chi connectivity index (χ0n) is 19.0. The first kappa shape index (κ1) is 21.4. The van der Waals surface area contributed by atoms with Crippen LogP contribution < -0.4 is 9.47 Å². The summed E-state index contributed by atoms with van der Waals surface area (Å²) in [6.07, 6.45) is 5.73. The highest BCUT2D eigenvalue weighted by atomic mass is 16.7. The number of carboxylic acid groups (broad SMARTS) is 1. The van der Waals surface area contributed by atoms with Crippen molar-refractivity contribution in [1.82, 2.24) is 9.47 Å². The number of amides is 1. The Morgan fingerprint density at radius 2 is 1.79 bits per heavy atom. The number of fused-ring (bicyclic) bond motifs is 2. The van der Waals surface area contributed by atoms with Crippen LogP contribution in [0.1, 0.15) is 53.9 Å². The molecule has 2 heterocycles. The normalized spacial score (nSPS) is 15.7.